The number of fused-ring (bicyclic) bond motifs is 1. The van der Waals surface area contributed by atoms with Crippen molar-refractivity contribution in [3.63, 3.8) is 0 Å². The maximum atomic E-state index is 2.42. The summed E-state index contributed by atoms with van der Waals surface area (Å²) in [6.45, 7) is 4.32. The average Bonchev–Trinajstić information content (AvgIpc) is 3.19. The van der Waals surface area contributed by atoms with Crippen molar-refractivity contribution in [2.45, 2.75) is 78.1 Å². The number of allylic oxidation sites excluding steroid dienone is 2. The summed E-state index contributed by atoms with van der Waals surface area (Å²) in [4.78, 5) is 4.85. The van der Waals surface area contributed by atoms with Gasteiger partial charge in [-0.3, -0.25) is 0 Å². The van der Waals surface area contributed by atoms with Crippen molar-refractivity contribution in [1.82, 2.24) is 0 Å². The lowest BCUT2D eigenvalue weighted by atomic mass is 9.93. The van der Waals surface area contributed by atoms with Gasteiger partial charge >= 0.3 is 0 Å². The van der Waals surface area contributed by atoms with Crippen molar-refractivity contribution >= 4 is 57.0 Å². The Morgan fingerprint density at radius 1 is 0.365 bits per heavy atom. The molecule has 0 aliphatic heterocycles. The Labute approximate surface area is 310 Å². The zero-order chi connectivity index (χ0) is 35.3. The van der Waals surface area contributed by atoms with E-state index in [0.717, 1.165) is 22.7 Å². The lowest BCUT2D eigenvalue weighted by Gasteiger charge is -2.31. The van der Waals surface area contributed by atoms with E-state index < -0.39 is 0 Å². The van der Waals surface area contributed by atoms with Crippen LogP contribution in [-0.2, 0) is 0 Å². The molecular formula is C50H50N2. The van der Waals surface area contributed by atoms with E-state index in [1.165, 1.54) is 109 Å². The van der Waals surface area contributed by atoms with Gasteiger partial charge in [0.15, 0.2) is 0 Å². The SMILES string of the molecule is Cc1ccc(N(c2ccc(C=C3CCCCC3)cc2)c2ccc(N(c3ccc(C)cc3)c3ccc(C=C4CCCCC4)cc3)c3ccccc23)cc1. The summed E-state index contributed by atoms with van der Waals surface area (Å²) in [5.74, 6) is 0. The molecular weight excluding hydrogens is 629 g/mol. The third-order valence-corrected chi connectivity index (χ3v) is 11.0. The summed E-state index contributed by atoms with van der Waals surface area (Å²) in [5.41, 5.74) is 15.2. The molecule has 2 heteroatoms. The van der Waals surface area contributed by atoms with E-state index >= 15 is 0 Å². The fourth-order valence-electron chi connectivity index (χ4n) is 8.11. The van der Waals surface area contributed by atoms with E-state index in [1.807, 2.05) is 0 Å². The van der Waals surface area contributed by atoms with Gasteiger partial charge in [-0.05, 0) is 137 Å². The number of hydrogen-bond acceptors (Lipinski definition) is 2. The van der Waals surface area contributed by atoms with Crippen molar-refractivity contribution in [3.05, 3.63) is 167 Å². The molecule has 0 heterocycles. The highest BCUT2D eigenvalue weighted by Gasteiger charge is 2.21. The maximum absolute atomic E-state index is 2.42. The van der Waals surface area contributed by atoms with Crippen molar-refractivity contribution < 1.29 is 0 Å². The Morgan fingerprint density at radius 3 is 1.04 bits per heavy atom. The standard InChI is InChI=1S/C50H50N2/c1-37-17-25-43(26-18-37)51(45-29-21-41(22-30-45)35-39-11-5-3-6-12-39)49-33-34-50(48-16-10-9-15-47(48)49)52(44-27-19-38(2)20-28-44)46-31-23-42(24-32-46)36-40-13-7-4-8-14-40/h9-10,15-36H,3-8,11-14H2,1-2H3. The average molecular weight is 679 g/mol. The lowest BCUT2D eigenvalue weighted by Crippen LogP contribution is -2.13. The molecule has 6 aromatic carbocycles. The highest BCUT2D eigenvalue weighted by atomic mass is 15.2. The van der Waals surface area contributed by atoms with Crippen LogP contribution in [0.5, 0.6) is 0 Å². The van der Waals surface area contributed by atoms with Gasteiger partial charge < -0.3 is 9.80 Å². The summed E-state index contributed by atoms with van der Waals surface area (Å²) >= 11 is 0. The molecule has 2 aliphatic carbocycles. The fraction of sp³-hybridized carbons (Fsp3) is 0.240. The van der Waals surface area contributed by atoms with E-state index in [0.29, 0.717) is 0 Å². The molecule has 2 fully saturated rings. The Balaban J connectivity index is 1.23. The second-order valence-electron chi connectivity index (χ2n) is 14.9. The first-order chi connectivity index (χ1) is 25.6. The first-order valence-corrected chi connectivity index (χ1v) is 19.4. The van der Waals surface area contributed by atoms with Crippen LogP contribution in [0.3, 0.4) is 0 Å². The van der Waals surface area contributed by atoms with Gasteiger partial charge in [-0.1, -0.05) is 120 Å². The lowest BCUT2D eigenvalue weighted by molar-refractivity contribution is 0.602. The predicted octanol–water partition coefficient (Wildman–Crippen LogP) is 15.1. The molecule has 6 aromatic rings. The van der Waals surface area contributed by atoms with Gasteiger partial charge in [0.25, 0.3) is 0 Å². The summed E-state index contributed by atoms with van der Waals surface area (Å²) < 4.78 is 0. The van der Waals surface area contributed by atoms with Gasteiger partial charge in [-0.25, -0.2) is 0 Å². The third-order valence-electron chi connectivity index (χ3n) is 11.0. The summed E-state index contributed by atoms with van der Waals surface area (Å²) in [5, 5.41) is 2.43. The van der Waals surface area contributed by atoms with Crippen LogP contribution >= 0.6 is 0 Å². The molecule has 8 rings (SSSR count). The zero-order valence-corrected chi connectivity index (χ0v) is 30.8. The first kappa shape index (κ1) is 33.8. The first-order valence-electron chi connectivity index (χ1n) is 19.4. The highest BCUT2D eigenvalue weighted by Crippen LogP contribution is 2.45. The molecule has 0 saturated heterocycles. The topological polar surface area (TPSA) is 6.48 Å². The van der Waals surface area contributed by atoms with Gasteiger partial charge in [-0.15, -0.1) is 0 Å². The van der Waals surface area contributed by atoms with E-state index in [-0.39, 0.29) is 0 Å². The van der Waals surface area contributed by atoms with Crippen LogP contribution in [0.2, 0.25) is 0 Å². The summed E-state index contributed by atoms with van der Waals surface area (Å²) in [6, 6.07) is 49.7. The molecule has 0 bridgehead atoms. The molecule has 0 unspecified atom stereocenters. The minimum absolute atomic E-state index is 1.15. The van der Waals surface area contributed by atoms with E-state index in [2.05, 4.69) is 169 Å². The van der Waals surface area contributed by atoms with Gasteiger partial charge in [0.2, 0.25) is 0 Å². The van der Waals surface area contributed by atoms with E-state index in [4.69, 9.17) is 0 Å². The van der Waals surface area contributed by atoms with E-state index in [1.54, 1.807) is 11.1 Å². The van der Waals surface area contributed by atoms with Crippen LogP contribution in [-0.4, -0.2) is 0 Å². The molecule has 0 radical (unpaired) electrons. The predicted molar refractivity (Wildman–Crippen MR) is 225 cm³/mol. The molecule has 2 saturated carbocycles. The van der Waals surface area contributed by atoms with Crippen molar-refractivity contribution in [2.75, 3.05) is 9.80 Å². The molecule has 0 atom stereocenters. The monoisotopic (exact) mass is 678 g/mol. The summed E-state index contributed by atoms with van der Waals surface area (Å²) in [7, 11) is 0. The largest absolute Gasteiger partial charge is 0.310 e. The van der Waals surface area contributed by atoms with Gasteiger partial charge in [0, 0.05) is 33.5 Å². The second-order valence-corrected chi connectivity index (χ2v) is 14.9. The maximum Gasteiger partial charge on any atom is 0.0541 e. The Morgan fingerprint density at radius 2 is 0.692 bits per heavy atom. The number of anilines is 6. The van der Waals surface area contributed by atoms with Crippen LogP contribution < -0.4 is 9.80 Å². The Bertz CT molecular complexity index is 2010. The molecule has 0 aromatic heterocycles. The van der Waals surface area contributed by atoms with Gasteiger partial charge in [-0.2, -0.15) is 0 Å². The van der Waals surface area contributed by atoms with E-state index in [9.17, 15) is 0 Å². The quantitative estimate of drug-likeness (QED) is 0.158. The molecule has 260 valence electrons. The normalized spacial score (nSPS) is 14.7. The van der Waals surface area contributed by atoms with Gasteiger partial charge in [0.05, 0.1) is 11.4 Å². The molecule has 2 nitrogen and oxygen atoms in total. The molecule has 2 aliphatic rings. The second kappa shape index (κ2) is 15.5. The minimum atomic E-state index is 1.15. The van der Waals surface area contributed by atoms with Crippen molar-refractivity contribution in [2.24, 2.45) is 0 Å². The molecule has 0 N–H and O–H groups in total. The fourth-order valence-corrected chi connectivity index (χ4v) is 8.11. The number of aryl methyl sites for hydroxylation is 2. The summed E-state index contributed by atoms with van der Waals surface area (Å²) in [6.07, 6.45) is 17.8. The molecule has 0 amide bonds. The molecule has 52 heavy (non-hydrogen) atoms. The number of rotatable bonds is 8. The minimum Gasteiger partial charge on any atom is -0.310 e. The Hall–Kier alpha value is -5.34. The van der Waals surface area contributed by atoms with Crippen molar-refractivity contribution in [3.8, 4) is 0 Å². The van der Waals surface area contributed by atoms with Crippen LogP contribution in [0.15, 0.2) is 145 Å². The third kappa shape index (κ3) is 7.48. The Kier molecular flexibility index (Phi) is 10.1. The zero-order valence-electron chi connectivity index (χ0n) is 30.8. The van der Waals surface area contributed by atoms with Crippen molar-refractivity contribution in [1.29, 1.82) is 0 Å². The van der Waals surface area contributed by atoms with Crippen LogP contribution in [0.25, 0.3) is 22.9 Å². The van der Waals surface area contributed by atoms with Crippen LogP contribution in [0.1, 0.15) is 86.5 Å². The number of hydrogen-bond donors (Lipinski definition) is 0. The highest BCUT2D eigenvalue weighted by molar-refractivity contribution is 6.07. The molecule has 0 spiro atoms. The number of benzene rings is 6. The van der Waals surface area contributed by atoms with Gasteiger partial charge in [0.1, 0.15) is 0 Å². The number of nitrogens with zero attached hydrogens (tertiary/aromatic N) is 2. The van der Waals surface area contributed by atoms with Crippen LogP contribution in [0.4, 0.5) is 34.1 Å². The smallest absolute Gasteiger partial charge is 0.0541 e. The van der Waals surface area contributed by atoms with Crippen LogP contribution in [0, 0.1) is 13.8 Å².